The Morgan fingerprint density at radius 1 is 1.35 bits per heavy atom. The quantitative estimate of drug-likeness (QED) is 0.896. The minimum absolute atomic E-state index is 0.0529. The van der Waals surface area contributed by atoms with Gasteiger partial charge in [-0.25, -0.2) is 4.98 Å². The zero-order valence-electron chi connectivity index (χ0n) is 13.2. The van der Waals surface area contributed by atoms with Crippen LogP contribution in [-0.4, -0.2) is 44.7 Å². The number of likely N-dealkylation sites (tertiary alicyclic amines) is 1. The summed E-state index contributed by atoms with van der Waals surface area (Å²) in [7, 11) is 0. The van der Waals surface area contributed by atoms with Crippen molar-refractivity contribution in [2.75, 3.05) is 13.1 Å². The van der Waals surface area contributed by atoms with Crippen molar-refractivity contribution in [2.45, 2.75) is 31.8 Å². The molecule has 0 radical (unpaired) electrons. The first-order valence-electron chi connectivity index (χ1n) is 8.13. The standard InChI is InChI=1S/C17H23N5O/c18-16(9-14-5-2-1-3-6-14)17(23)21-8-4-7-15(10-21)11-22-13-19-12-20-22/h1-3,5-6,12-13,15-16H,4,7-11,18H2. The zero-order valence-corrected chi connectivity index (χ0v) is 13.2. The van der Waals surface area contributed by atoms with Crippen LogP contribution in [0.15, 0.2) is 43.0 Å². The largest absolute Gasteiger partial charge is 0.341 e. The topological polar surface area (TPSA) is 77.0 Å². The highest BCUT2D eigenvalue weighted by Crippen LogP contribution is 2.19. The number of nitrogens with two attached hydrogens (primary N) is 1. The molecule has 0 bridgehead atoms. The first-order chi connectivity index (χ1) is 11.2. The molecule has 1 aromatic heterocycles. The van der Waals surface area contributed by atoms with Crippen LogP contribution in [-0.2, 0) is 17.8 Å². The highest BCUT2D eigenvalue weighted by atomic mass is 16.2. The van der Waals surface area contributed by atoms with Gasteiger partial charge in [-0.3, -0.25) is 9.48 Å². The smallest absolute Gasteiger partial charge is 0.239 e. The molecule has 2 aromatic rings. The maximum absolute atomic E-state index is 12.6. The lowest BCUT2D eigenvalue weighted by molar-refractivity contribution is -0.134. The van der Waals surface area contributed by atoms with E-state index in [-0.39, 0.29) is 5.91 Å². The average Bonchev–Trinajstić information content (AvgIpc) is 3.08. The maximum Gasteiger partial charge on any atom is 0.239 e. The first-order valence-corrected chi connectivity index (χ1v) is 8.13. The van der Waals surface area contributed by atoms with E-state index in [1.807, 2.05) is 39.9 Å². The van der Waals surface area contributed by atoms with Gasteiger partial charge < -0.3 is 10.6 Å². The van der Waals surface area contributed by atoms with Crippen molar-refractivity contribution in [2.24, 2.45) is 11.7 Å². The molecule has 3 rings (SSSR count). The summed E-state index contributed by atoms with van der Waals surface area (Å²) in [6.45, 7) is 2.36. The first kappa shape index (κ1) is 15.7. The number of carbonyl (C=O) groups is 1. The van der Waals surface area contributed by atoms with E-state index < -0.39 is 6.04 Å². The number of benzene rings is 1. The third-order valence-corrected chi connectivity index (χ3v) is 4.36. The number of hydrogen-bond acceptors (Lipinski definition) is 4. The van der Waals surface area contributed by atoms with Crippen molar-refractivity contribution in [3.8, 4) is 0 Å². The zero-order chi connectivity index (χ0) is 16.1. The summed E-state index contributed by atoms with van der Waals surface area (Å²) in [5, 5.41) is 4.15. The lowest BCUT2D eigenvalue weighted by atomic mass is 9.96. The van der Waals surface area contributed by atoms with Gasteiger partial charge in [-0.2, -0.15) is 5.10 Å². The van der Waals surface area contributed by atoms with Crippen LogP contribution >= 0.6 is 0 Å². The van der Waals surface area contributed by atoms with Crippen molar-refractivity contribution in [3.05, 3.63) is 48.5 Å². The molecule has 0 aliphatic carbocycles. The molecule has 1 aromatic carbocycles. The van der Waals surface area contributed by atoms with Crippen LogP contribution in [0.3, 0.4) is 0 Å². The Kier molecular flexibility index (Phi) is 5.02. The monoisotopic (exact) mass is 313 g/mol. The maximum atomic E-state index is 12.6. The number of amides is 1. The average molecular weight is 313 g/mol. The Bertz CT molecular complexity index is 613. The Labute approximate surface area is 136 Å². The molecule has 1 aliphatic heterocycles. The van der Waals surface area contributed by atoms with E-state index in [2.05, 4.69) is 10.1 Å². The second kappa shape index (κ2) is 7.37. The van der Waals surface area contributed by atoms with E-state index in [1.165, 1.54) is 0 Å². The molecular weight excluding hydrogens is 290 g/mol. The summed E-state index contributed by atoms with van der Waals surface area (Å²) in [6, 6.07) is 9.47. The minimum Gasteiger partial charge on any atom is -0.341 e. The molecule has 23 heavy (non-hydrogen) atoms. The minimum atomic E-state index is -0.470. The fourth-order valence-corrected chi connectivity index (χ4v) is 3.20. The predicted molar refractivity (Wildman–Crippen MR) is 87.4 cm³/mol. The highest BCUT2D eigenvalue weighted by Gasteiger charge is 2.27. The fourth-order valence-electron chi connectivity index (χ4n) is 3.20. The molecule has 1 saturated heterocycles. The van der Waals surface area contributed by atoms with Gasteiger partial charge in [0.05, 0.1) is 6.04 Å². The second-order valence-corrected chi connectivity index (χ2v) is 6.21. The van der Waals surface area contributed by atoms with Gasteiger partial charge in [0.2, 0.25) is 5.91 Å². The van der Waals surface area contributed by atoms with Gasteiger partial charge in [0.1, 0.15) is 12.7 Å². The van der Waals surface area contributed by atoms with Crippen LogP contribution in [0.25, 0.3) is 0 Å². The number of hydrogen-bond donors (Lipinski definition) is 1. The number of nitrogens with zero attached hydrogens (tertiary/aromatic N) is 4. The van der Waals surface area contributed by atoms with Crippen LogP contribution in [0.2, 0.25) is 0 Å². The summed E-state index contributed by atoms with van der Waals surface area (Å²) in [6.07, 6.45) is 5.98. The van der Waals surface area contributed by atoms with E-state index in [0.29, 0.717) is 12.3 Å². The second-order valence-electron chi connectivity index (χ2n) is 6.21. The van der Waals surface area contributed by atoms with Crippen LogP contribution in [0.1, 0.15) is 18.4 Å². The van der Waals surface area contributed by atoms with Gasteiger partial charge in [0.25, 0.3) is 0 Å². The number of aromatic nitrogens is 3. The Morgan fingerprint density at radius 2 is 2.17 bits per heavy atom. The van der Waals surface area contributed by atoms with Crippen LogP contribution in [0, 0.1) is 5.92 Å². The van der Waals surface area contributed by atoms with Gasteiger partial charge in [-0.1, -0.05) is 30.3 Å². The van der Waals surface area contributed by atoms with Crippen molar-refractivity contribution in [1.82, 2.24) is 19.7 Å². The van der Waals surface area contributed by atoms with E-state index >= 15 is 0 Å². The number of carbonyl (C=O) groups excluding carboxylic acids is 1. The SMILES string of the molecule is NC(Cc1ccccc1)C(=O)N1CCCC(Cn2cncn2)C1. The van der Waals surface area contributed by atoms with E-state index in [9.17, 15) is 4.79 Å². The molecule has 0 spiro atoms. The molecule has 2 unspecified atom stereocenters. The van der Waals surface area contributed by atoms with Crippen molar-refractivity contribution >= 4 is 5.91 Å². The molecule has 6 nitrogen and oxygen atoms in total. The summed E-state index contributed by atoms with van der Waals surface area (Å²) < 4.78 is 1.84. The van der Waals surface area contributed by atoms with Crippen LogP contribution in [0.5, 0.6) is 0 Å². The lowest BCUT2D eigenvalue weighted by Crippen LogP contribution is -2.49. The Hall–Kier alpha value is -2.21. The van der Waals surface area contributed by atoms with Crippen molar-refractivity contribution in [3.63, 3.8) is 0 Å². The summed E-state index contributed by atoms with van der Waals surface area (Å²) >= 11 is 0. The number of piperidine rings is 1. The van der Waals surface area contributed by atoms with Gasteiger partial charge in [0.15, 0.2) is 0 Å². The molecule has 6 heteroatoms. The van der Waals surface area contributed by atoms with Crippen LogP contribution in [0.4, 0.5) is 0 Å². The summed E-state index contributed by atoms with van der Waals surface area (Å²) in [5.41, 5.74) is 7.24. The molecular formula is C17H23N5O. The lowest BCUT2D eigenvalue weighted by Gasteiger charge is -2.34. The van der Waals surface area contributed by atoms with Gasteiger partial charge in [-0.15, -0.1) is 0 Å². The van der Waals surface area contributed by atoms with E-state index in [1.54, 1.807) is 12.7 Å². The molecule has 1 aliphatic rings. The molecule has 2 N–H and O–H groups in total. The van der Waals surface area contributed by atoms with Gasteiger partial charge in [-0.05, 0) is 30.7 Å². The third kappa shape index (κ3) is 4.16. The van der Waals surface area contributed by atoms with Gasteiger partial charge in [0, 0.05) is 19.6 Å². The van der Waals surface area contributed by atoms with Gasteiger partial charge >= 0.3 is 0 Å². The van der Waals surface area contributed by atoms with Crippen LogP contribution < -0.4 is 5.73 Å². The highest BCUT2D eigenvalue weighted by molar-refractivity contribution is 5.82. The fraction of sp³-hybridized carbons (Fsp3) is 0.471. The molecule has 1 fully saturated rings. The summed E-state index contributed by atoms with van der Waals surface area (Å²) in [4.78, 5) is 18.5. The Balaban J connectivity index is 1.56. The normalized spacial score (nSPS) is 19.5. The van der Waals surface area contributed by atoms with E-state index in [4.69, 9.17) is 5.73 Å². The molecule has 122 valence electrons. The molecule has 2 heterocycles. The third-order valence-electron chi connectivity index (χ3n) is 4.36. The van der Waals surface area contributed by atoms with Crippen molar-refractivity contribution < 1.29 is 4.79 Å². The predicted octanol–water partition coefficient (Wildman–Crippen LogP) is 1.09. The Morgan fingerprint density at radius 3 is 2.91 bits per heavy atom. The van der Waals surface area contributed by atoms with Crippen molar-refractivity contribution in [1.29, 1.82) is 0 Å². The molecule has 1 amide bonds. The molecule has 0 saturated carbocycles. The number of rotatable bonds is 5. The summed E-state index contributed by atoms with van der Waals surface area (Å²) in [5.74, 6) is 0.468. The molecule has 2 atom stereocenters. The van der Waals surface area contributed by atoms with E-state index in [0.717, 1.165) is 38.0 Å².